The molecule has 0 spiro atoms. The minimum Gasteiger partial charge on any atom is -0.386 e. The van der Waals surface area contributed by atoms with Gasteiger partial charge in [-0.15, -0.1) is 0 Å². The number of rotatable bonds is 3. The van der Waals surface area contributed by atoms with E-state index in [0.29, 0.717) is 17.4 Å². The van der Waals surface area contributed by atoms with Crippen LogP contribution in [0.3, 0.4) is 0 Å². The highest BCUT2D eigenvalue weighted by atomic mass is 15.0. The zero-order valence-electron chi connectivity index (χ0n) is 11.5. The molecule has 3 aliphatic carbocycles. The third kappa shape index (κ3) is 1.69. The summed E-state index contributed by atoms with van der Waals surface area (Å²) in [5, 5.41) is 3.67. The third-order valence-corrected chi connectivity index (χ3v) is 5.42. The first-order chi connectivity index (χ1) is 7.34. The van der Waals surface area contributed by atoms with E-state index >= 15 is 0 Å². The van der Waals surface area contributed by atoms with Gasteiger partial charge in [0.15, 0.2) is 0 Å². The van der Waals surface area contributed by atoms with E-state index in [4.69, 9.17) is 0 Å². The Bertz CT molecular complexity index is 290. The molecule has 92 valence electrons. The second-order valence-corrected chi connectivity index (χ2v) is 6.89. The van der Waals surface area contributed by atoms with Crippen LogP contribution in [0.25, 0.3) is 0 Å². The van der Waals surface area contributed by atoms with Gasteiger partial charge in [0.1, 0.15) is 0 Å². The Labute approximate surface area is 101 Å². The van der Waals surface area contributed by atoms with E-state index in [-0.39, 0.29) is 0 Å². The van der Waals surface area contributed by atoms with Crippen molar-refractivity contribution >= 4 is 0 Å². The minimum absolute atomic E-state index is 0.554. The Morgan fingerprint density at radius 1 is 1.31 bits per heavy atom. The molecule has 4 unspecified atom stereocenters. The molecule has 1 nitrogen and oxygen atoms in total. The predicted octanol–water partition coefficient (Wildman–Crippen LogP) is 3.82. The molecular weight excluding hydrogens is 194 g/mol. The largest absolute Gasteiger partial charge is 0.386 e. The lowest BCUT2D eigenvalue weighted by molar-refractivity contribution is -0.113. The van der Waals surface area contributed by atoms with Gasteiger partial charge in [0.2, 0.25) is 0 Å². The lowest BCUT2D eigenvalue weighted by Gasteiger charge is -2.62. The SMILES string of the molecule is C=C(NC1CC2CC(C1C)C2(C)C)C(C)C. The van der Waals surface area contributed by atoms with Crippen molar-refractivity contribution in [3.8, 4) is 0 Å². The van der Waals surface area contributed by atoms with Gasteiger partial charge < -0.3 is 5.32 Å². The van der Waals surface area contributed by atoms with Crippen molar-refractivity contribution in [3.05, 3.63) is 12.3 Å². The molecule has 0 heterocycles. The van der Waals surface area contributed by atoms with Crippen LogP contribution in [0.1, 0.15) is 47.5 Å². The topological polar surface area (TPSA) is 12.0 Å². The lowest BCUT2D eigenvalue weighted by atomic mass is 9.44. The van der Waals surface area contributed by atoms with Gasteiger partial charge in [-0.25, -0.2) is 0 Å². The maximum absolute atomic E-state index is 4.15. The number of allylic oxidation sites excluding steroid dienone is 1. The van der Waals surface area contributed by atoms with Crippen LogP contribution >= 0.6 is 0 Å². The summed E-state index contributed by atoms with van der Waals surface area (Å²) in [5.74, 6) is 3.21. The second-order valence-electron chi connectivity index (χ2n) is 6.89. The molecule has 1 heteroatoms. The normalized spacial score (nSPS) is 40.4. The lowest BCUT2D eigenvalue weighted by Crippen LogP contribution is -2.59. The van der Waals surface area contributed by atoms with Crippen molar-refractivity contribution < 1.29 is 0 Å². The smallest absolute Gasteiger partial charge is 0.0289 e. The number of fused-ring (bicyclic) bond motifs is 2. The quantitative estimate of drug-likeness (QED) is 0.764. The fourth-order valence-corrected chi connectivity index (χ4v) is 3.75. The van der Waals surface area contributed by atoms with Gasteiger partial charge in [-0.05, 0) is 41.9 Å². The summed E-state index contributed by atoms with van der Waals surface area (Å²) in [5.41, 5.74) is 1.81. The molecule has 2 bridgehead atoms. The molecule has 3 rings (SSSR count). The van der Waals surface area contributed by atoms with Crippen LogP contribution in [-0.4, -0.2) is 6.04 Å². The number of hydrogen-bond donors (Lipinski definition) is 1. The van der Waals surface area contributed by atoms with Gasteiger partial charge in [0, 0.05) is 11.7 Å². The van der Waals surface area contributed by atoms with E-state index in [2.05, 4.69) is 46.5 Å². The van der Waals surface area contributed by atoms with Crippen molar-refractivity contribution in [1.82, 2.24) is 5.32 Å². The van der Waals surface area contributed by atoms with E-state index < -0.39 is 0 Å². The highest BCUT2D eigenvalue weighted by Gasteiger charge is 2.56. The Kier molecular flexibility index (Phi) is 2.84. The first-order valence-electron chi connectivity index (χ1n) is 6.79. The van der Waals surface area contributed by atoms with E-state index in [0.717, 1.165) is 17.8 Å². The van der Waals surface area contributed by atoms with Gasteiger partial charge in [0.05, 0.1) is 0 Å². The maximum Gasteiger partial charge on any atom is 0.0289 e. The fourth-order valence-electron chi connectivity index (χ4n) is 3.75. The Morgan fingerprint density at radius 2 is 1.94 bits per heavy atom. The Morgan fingerprint density at radius 3 is 2.38 bits per heavy atom. The van der Waals surface area contributed by atoms with E-state index in [9.17, 15) is 0 Å². The maximum atomic E-state index is 4.15. The molecule has 16 heavy (non-hydrogen) atoms. The van der Waals surface area contributed by atoms with Crippen LogP contribution in [0, 0.1) is 29.1 Å². The summed E-state index contributed by atoms with van der Waals surface area (Å²) < 4.78 is 0. The molecule has 0 aromatic heterocycles. The molecule has 1 N–H and O–H groups in total. The predicted molar refractivity (Wildman–Crippen MR) is 70.1 cm³/mol. The van der Waals surface area contributed by atoms with Crippen molar-refractivity contribution in [1.29, 1.82) is 0 Å². The molecule has 0 saturated heterocycles. The molecule has 3 aliphatic rings. The zero-order chi connectivity index (χ0) is 12.1. The van der Waals surface area contributed by atoms with Crippen LogP contribution in [0.5, 0.6) is 0 Å². The molecule has 4 atom stereocenters. The van der Waals surface area contributed by atoms with E-state index in [1.54, 1.807) is 0 Å². The first-order valence-corrected chi connectivity index (χ1v) is 6.79. The van der Waals surface area contributed by atoms with Crippen LogP contribution in [0.15, 0.2) is 12.3 Å². The molecular formula is C15H27N. The fraction of sp³-hybridized carbons (Fsp3) is 0.867. The summed E-state index contributed by atoms with van der Waals surface area (Å²) >= 11 is 0. The second kappa shape index (κ2) is 3.78. The van der Waals surface area contributed by atoms with Crippen LogP contribution in [-0.2, 0) is 0 Å². The van der Waals surface area contributed by atoms with E-state index in [1.807, 2.05) is 0 Å². The molecule has 0 aromatic carbocycles. The van der Waals surface area contributed by atoms with Crippen LogP contribution in [0.4, 0.5) is 0 Å². The van der Waals surface area contributed by atoms with Gasteiger partial charge in [-0.2, -0.15) is 0 Å². The third-order valence-electron chi connectivity index (χ3n) is 5.42. The highest BCUT2D eigenvalue weighted by Crippen LogP contribution is 2.61. The van der Waals surface area contributed by atoms with Gasteiger partial charge >= 0.3 is 0 Å². The number of nitrogens with one attached hydrogen (secondary N) is 1. The highest BCUT2D eigenvalue weighted by molar-refractivity contribution is 5.09. The van der Waals surface area contributed by atoms with Crippen molar-refractivity contribution in [2.75, 3.05) is 0 Å². The average Bonchev–Trinajstić information content (AvgIpc) is 2.19. The van der Waals surface area contributed by atoms with Gasteiger partial charge in [-0.1, -0.05) is 41.2 Å². The summed E-state index contributed by atoms with van der Waals surface area (Å²) in [6.45, 7) is 15.9. The molecule has 0 amide bonds. The van der Waals surface area contributed by atoms with Crippen molar-refractivity contribution in [2.45, 2.75) is 53.5 Å². The minimum atomic E-state index is 0.554. The molecule has 0 aliphatic heterocycles. The summed E-state index contributed by atoms with van der Waals surface area (Å²) in [4.78, 5) is 0. The standard InChI is InChI=1S/C15H27N/c1-9(2)11(4)16-14-8-12-7-13(10(14)3)15(12,5)6/h9-10,12-14,16H,4,7-8H2,1-3,5-6H3. The monoisotopic (exact) mass is 221 g/mol. The van der Waals surface area contributed by atoms with Crippen LogP contribution in [0.2, 0.25) is 0 Å². The zero-order valence-corrected chi connectivity index (χ0v) is 11.5. The molecule has 3 saturated carbocycles. The van der Waals surface area contributed by atoms with E-state index in [1.165, 1.54) is 18.5 Å². The van der Waals surface area contributed by atoms with Gasteiger partial charge in [0.25, 0.3) is 0 Å². The summed E-state index contributed by atoms with van der Waals surface area (Å²) in [6, 6.07) is 0.673. The van der Waals surface area contributed by atoms with Gasteiger partial charge in [-0.3, -0.25) is 0 Å². The Balaban J connectivity index is 1.98. The first kappa shape index (κ1) is 12.0. The van der Waals surface area contributed by atoms with Crippen molar-refractivity contribution in [2.24, 2.45) is 29.1 Å². The van der Waals surface area contributed by atoms with Crippen molar-refractivity contribution in [3.63, 3.8) is 0 Å². The Hall–Kier alpha value is -0.460. The summed E-state index contributed by atoms with van der Waals surface area (Å²) in [6.07, 6.45) is 2.80. The molecule has 0 aromatic rings. The average molecular weight is 221 g/mol. The number of hydrogen-bond acceptors (Lipinski definition) is 1. The molecule has 3 fully saturated rings. The summed E-state index contributed by atoms with van der Waals surface area (Å²) in [7, 11) is 0. The van der Waals surface area contributed by atoms with Crippen LogP contribution < -0.4 is 5.32 Å². The molecule has 0 radical (unpaired) electrons.